The molecule has 1 amide bonds. The number of hydrogen-bond acceptors (Lipinski definition) is 6. The number of rotatable bonds is 6. The summed E-state index contributed by atoms with van der Waals surface area (Å²) in [7, 11) is -4.13. The van der Waals surface area contributed by atoms with Crippen molar-refractivity contribution < 1.29 is 27.5 Å². The number of esters is 1. The maximum atomic E-state index is 12.8. The van der Waals surface area contributed by atoms with Crippen LogP contribution in [0.15, 0.2) is 53.4 Å². The number of ketones is 1. The number of sulfonamides is 1. The Kier molecular flexibility index (Phi) is 5.91. The van der Waals surface area contributed by atoms with Crippen LogP contribution in [0.3, 0.4) is 0 Å². The van der Waals surface area contributed by atoms with E-state index in [2.05, 4.69) is 0 Å². The third kappa shape index (κ3) is 3.92. The zero-order valence-electron chi connectivity index (χ0n) is 19.3. The van der Waals surface area contributed by atoms with Crippen molar-refractivity contribution in [3.63, 3.8) is 0 Å². The van der Waals surface area contributed by atoms with Crippen molar-refractivity contribution >= 4 is 27.7 Å². The van der Waals surface area contributed by atoms with Crippen LogP contribution in [0, 0.1) is 27.7 Å². The highest BCUT2D eigenvalue weighted by Gasteiger charge is 2.42. The topological polar surface area (TPSA) is 103 Å². The van der Waals surface area contributed by atoms with E-state index in [0.717, 1.165) is 22.5 Å². The summed E-state index contributed by atoms with van der Waals surface area (Å²) in [6, 6.07) is 13.5. The predicted molar refractivity (Wildman–Crippen MR) is 125 cm³/mol. The van der Waals surface area contributed by atoms with Gasteiger partial charge in [0.1, 0.15) is 11.4 Å². The average molecular weight is 481 g/mol. The van der Waals surface area contributed by atoms with Gasteiger partial charge in [-0.05, 0) is 69.2 Å². The van der Waals surface area contributed by atoms with Gasteiger partial charge in [0.2, 0.25) is 5.78 Å². The molecule has 9 heteroatoms. The van der Waals surface area contributed by atoms with Gasteiger partial charge in [0.05, 0.1) is 5.56 Å². The molecule has 8 nitrogen and oxygen atoms in total. The second kappa shape index (κ2) is 8.57. The van der Waals surface area contributed by atoms with Crippen molar-refractivity contribution in [3.8, 4) is 5.69 Å². The van der Waals surface area contributed by atoms with E-state index >= 15 is 0 Å². The smallest absolute Gasteiger partial charge is 0.327 e. The highest BCUT2D eigenvalue weighted by Crippen LogP contribution is 2.29. The molecule has 0 saturated carbocycles. The molecule has 2 aromatic carbocycles. The number of hydrogen-bond donors (Lipinski definition) is 0. The average Bonchev–Trinajstić information content (AvgIpc) is 3.20. The van der Waals surface area contributed by atoms with Crippen molar-refractivity contribution in [1.29, 1.82) is 0 Å². The Labute approximate surface area is 197 Å². The number of ether oxygens (including phenoxy) is 1. The Morgan fingerprint density at radius 3 is 2.32 bits per heavy atom. The monoisotopic (exact) mass is 480 g/mol. The fourth-order valence-electron chi connectivity index (χ4n) is 4.08. The quantitative estimate of drug-likeness (QED) is 0.396. The normalized spacial score (nSPS) is 14.2. The van der Waals surface area contributed by atoms with Crippen LogP contribution in [0.5, 0.6) is 0 Å². The lowest BCUT2D eigenvalue weighted by atomic mass is 10.1. The largest absolute Gasteiger partial charge is 0.456 e. The van der Waals surface area contributed by atoms with Crippen LogP contribution in [-0.4, -0.2) is 48.1 Å². The highest BCUT2D eigenvalue weighted by atomic mass is 32.2. The standard InChI is InChI=1S/C25H24N2O6S/c1-15-9-10-19(11-16(15)2)27-17(3)12-21(18(27)4)22(28)14-33-24(29)13-26-25(30)20-7-5-6-8-23(20)34(26,31)32/h5-12H,13-14H2,1-4H3. The van der Waals surface area contributed by atoms with Gasteiger partial charge >= 0.3 is 5.97 Å². The predicted octanol–water partition coefficient (Wildman–Crippen LogP) is 3.28. The second-order valence-electron chi connectivity index (χ2n) is 8.29. The summed E-state index contributed by atoms with van der Waals surface area (Å²) in [5, 5.41) is 0. The van der Waals surface area contributed by atoms with Gasteiger partial charge in [0, 0.05) is 22.6 Å². The molecule has 2 heterocycles. The molecule has 3 aromatic rings. The first-order chi connectivity index (χ1) is 16.0. The van der Waals surface area contributed by atoms with Crippen molar-refractivity contribution in [2.24, 2.45) is 0 Å². The number of aromatic nitrogens is 1. The molecule has 0 fully saturated rings. The summed E-state index contributed by atoms with van der Waals surface area (Å²) < 4.78 is 32.6. The summed E-state index contributed by atoms with van der Waals surface area (Å²) in [6.45, 7) is 6.37. The Balaban J connectivity index is 1.46. The third-order valence-electron chi connectivity index (χ3n) is 6.03. The molecule has 0 unspecified atom stereocenters. The number of carbonyl (C=O) groups excluding carboxylic acids is 3. The van der Waals surface area contributed by atoms with E-state index in [1.165, 1.54) is 18.2 Å². The number of amides is 1. The van der Waals surface area contributed by atoms with Gasteiger partial charge in [0.15, 0.2) is 6.61 Å². The van der Waals surface area contributed by atoms with Crippen molar-refractivity contribution in [2.75, 3.05) is 13.2 Å². The van der Waals surface area contributed by atoms with E-state index in [9.17, 15) is 22.8 Å². The zero-order chi connectivity index (χ0) is 24.8. The molecule has 1 aliphatic rings. The van der Waals surface area contributed by atoms with Gasteiger partial charge < -0.3 is 9.30 Å². The maximum Gasteiger partial charge on any atom is 0.327 e. The molecular formula is C25H24N2O6S. The minimum atomic E-state index is -4.13. The molecule has 176 valence electrons. The highest BCUT2D eigenvalue weighted by molar-refractivity contribution is 7.90. The number of carbonyl (C=O) groups is 3. The molecule has 0 spiro atoms. The fourth-order valence-corrected chi connectivity index (χ4v) is 5.59. The number of fused-ring (bicyclic) bond motifs is 1. The molecule has 0 N–H and O–H groups in total. The van der Waals surface area contributed by atoms with Crippen LogP contribution in [0.25, 0.3) is 5.69 Å². The van der Waals surface area contributed by atoms with Crippen LogP contribution in [0.4, 0.5) is 0 Å². The minimum Gasteiger partial charge on any atom is -0.456 e. The molecule has 34 heavy (non-hydrogen) atoms. The van der Waals surface area contributed by atoms with Crippen LogP contribution >= 0.6 is 0 Å². The Hall–Kier alpha value is -3.72. The van der Waals surface area contributed by atoms with E-state index in [4.69, 9.17) is 4.74 Å². The van der Waals surface area contributed by atoms with Crippen molar-refractivity contribution in [2.45, 2.75) is 32.6 Å². The van der Waals surface area contributed by atoms with Crippen LogP contribution in [-0.2, 0) is 19.6 Å². The van der Waals surface area contributed by atoms with Crippen molar-refractivity contribution in [3.05, 3.63) is 82.2 Å². The lowest BCUT2D eigenvalue weighted by molar-refractivity contribution is -0.142. The molecular weight excluding hydrogens is 456 g/mol. The minimum absolute atomic E-state index is 0.00478. The zero-order valence-corrected chi connectivity index (χ0v) is 20.1. The molecule has 0 atom stereocenters. The number of nitrogens with zero attached hydrogens (tertiary/aromatic N) is 2. The Morgan fingerprint density at radius 2 is 1.65 bits per heavy atom. The van der Waals surface area contributed by atoms with Gasteiger partial charge in [-0.15, -0.1) is 0 Å². The summed E-state index contributed by atoms with van der Waals surface area (Å²) >= 11 is 0. The first-order valence-electron chi connectivity index (χ1n) is 10.6. The van der Waals surface area contributed by atoms with E-state index in [1.807, 2.05) is 50.5 Å². The van der Waals surface area contributed by atoms with Gasteiger partial charge in [-0.25, -0.2) is 12.7 Å². The molecule has 1 aliphatic heterocycles. The van der Waals surface area contributed by atoms with Crippen LogP contribution < -0.4 is 0 Å². The molecule has 4 rings (SSSR count). The summed E-state index contributed by atoms with van der Waals surface area (Å²) in [5.74, 6) is -2.20. The molecule has 0 radical (unpaired) electrons. The summed E-state index contributed by atoms with van der Waals surface area (Å²) in [5.41, 5.74) is 5.17. The van der Waals surface area contributed by atoms with E-state index in [1.54, 1.807) is 12.1 Å². The Morgan fingerprint density at radius 1 is 0.941 bits per heavy atom. The number of aryl methyl sites for hydroxylation is 3. The first-order valence-corrected chi connectivity index (χ1v) is 12.1. The SMILES string of the molecule is Cc1ccc(-n2c(C)cc(C(=O)COC(=O)CN3C(=O)c4ccccc4S3(=O)=O)c2C)cc1C. The number of Topliss-reactive ketones (excluding diaryl/α,β-unsaturated/α-hetero) is 1. The molecule has 0 saturated heterocycles. The fraction of sp³-hybridized carbons (Fsp3) is 0.240. The summed E-state index contributed by atoms with van der Waals surface area (Å²) in [4.78, 5) is 37.4. The lowest BCUT2D eigenvalue weighted by Crippen LogP contribution is -2.36. The van der Waals surface area contributed by atoms with Crippen molar-refractivity contribution in [1.82, 2.24) is 8.87 Å². The van der Waals surface area contributed by atoms with Gasteiger partial charge in [-0.3, -0.25) is 14.4 Å². The Bertz CT molecular complexity index is 1450. The van der Waals surface area contributed by atoms with E-state index in [0.29, 0.717) is 15.6 Å². The van der Waals surface area contributed by atoms with Crippen LogP contribution in [0.2, 0.25) is 0 Å². The van der Waals surface area contributed by atoms with Gasteiger partial charge in [0.25, 0.3) is 15.9 Å². The molecule has 1 aromatic heterocycles. The first kappa shape index (κ1) is 23.4. The number of benzene rings is 2. The third-order valence-corrected chi connectivity index (χ3v) is 7.82. The molecule has 0 bridgehead atoms. The van der Waals surface area contributed by atoms with E-state index < -0.39 is 40.8 Å². The summed E-state index contributed by atoms with van der Waals surface area (Å²) in [6.07, 6.45) is 0. The second-order valence-corrected chi connectivity index (χ2v) is 10.1. The van der Waals surface area contributed by atoms with Gasteiger partial charge in [-0.2, -0.15) is 0 Å². The lowest BCUT2D eigenvalue weighted by Gasteiger charge is -2.14. The maximum absolute atomic E-state index is 12.8. The van der Waals surface area contributed by atoms with E-state index in [-0.39, 0.29) is 10.5 Å². The van der Waals surface area contributed by atoms with Crippen LogP contribution in [0.1, 0.15) is 43.2 Å². The molecule has 0 aliphatic carbocycles. The van der Waals surface area contributed by atoms with Gasteiger partial charge in [-0.1, -0.05) is 18.2 Å².